The van der Waals surface area contributed by atoms with Gasteiger partial charge in [0.25, 0.3) is 0 Å². The van der Waals surface area contributed by atoms with Gasteiger partial charge in [0.15, 0.2) is 0 Å². The first-order chi connectivity index (χ1) is 15.0. The number of benzene rings is 3. The number of aliphatic hydroxyl groups is 1. The van der Waals surface area contributed by atoms with Crippen LogP contribution in [0.15, 0.2) is 91.5 Å². The molecule has 31 heavy (non-hydrogen) atoms. The van der Waals surface area contributed by atoms with E-state index in [-0.39, 0.29) is 6.54 Å². The lowest BCUT2D eigenvalue weighted by atomic mass is 9.92. The predicted octanol–water partition coefficient (Wildman–Crippen LogP) is 5.98. The molecule has 0 aliphatic heterocycles. The third-order valence-electron chi connectivity index (χ3n) is 4.68. The Labute approximate surface area is 190 Å². The second-order valence-corrected chi connectivity index (χ2v) is 7.80. The summed E-state index contributed by atoms with van der Waals surface area (Å²) in [6, 6.07) is 22.0. The van der Waals surface area contributed by atoms with E-state index in [1.165, 1.54) is 6.33 Å². The number of nitrogens with zero attached hydrogens (tertiary/aromatic N) is 3. The molecule has 0 saturated heterocycles. The van der Waals surface area contributed by atoms with Crippen molar-refractivity contribution in [3.05, 3.63) is 113 Å². The van der Waals surface area contributed by atoms with Gasteiger partial charge in [-0.25, -0.2) is 9.67 Å². The molecule has 3 aromatic carbocycles. The fourth-order valence-electron chi connectivity index (χ4n) is 3.14. The van der Waals surface area contributed by atoms with Crippen LogP contribution in [-0.2, 0) is 12.1 Å². The molecule has 0 aliphatic carbocycles. The Balaban J connectivity index is 1.65. The summed E-state index contributed by atoms with van der Waals surface area (Å²) < 4.78 is 7.41. The third kappa shape index (κ3) is 5.33. The van der Waals surface area contributed by atoms with Crippen molar-refractivity contribution in [3.8, 4) is 11.5 Å². The molecule has 0 radical (unpaired) electrons. The van der Waals surface area contributed by atoms with Gasteiger partial charge in [-0.3, -0.25) is 0 Å². The van der Waals surface area contributed by atoms with Gasteiger partial charge >= 0.3 is 0 Å². The van der Waals surface area contributed by atoms with Gasteiger partial charge in [0.2, 0.25) is 0 Å². The van der Waals surface area contributed by atoms with Crippen LogP contribution in [0.4, 0.5) is 0 Å². The van der Waals surface area contributed by atoms with Crippen molar-refractivity contribution in [2.45, 2.75) is 12.1 Å². The average Bonchev–Trinajstić information content (AvgIpc) is 3.27. The Morgan fingerprint density at radius 1 is 0.968 bits per heavy atom. The fourth-order valence-corrected chi connectivity index (χ4v) is 3.60. The van der Waals surface area contributed by atoms with E-state index in [1.807, 2.05) is 36.4 Å². The monoisotopic (exact) mass is 451 g/mol. The van der Waals surface area contributed by atoms with Crippen LogP contribution in [0.5, 0.6) is 11.5 Å². The zero-order valence-electron chi connectivity index (χ0n) is 16.4. The Kier molecular flexibility index (Phi) is 6.37. The van der Waals surface area contributed by atoms with E-state index in [4.69, 9.17) is 27.9 Å². The lowest BCUT2D eigenvalue weighted by Crippen LogP contribution is -2.30. The summed E-state index contributed by atoms with van der Waals surface area (Å²) in [5.74, 6) is 1.18. The van der Waals surface area contributed by atoms with Gasteiger partial charge in [-0.15, -0.1) is 0 Å². The summed E-state index contributed by atoms with van der Waals surface area (Å²) in [5, 5.41) is 16.7. The zero-order valence-corrected chi connectivity index (χ0v) is 17.9. The standard InChI is InChI=1S/C24H19Cl2N3O2/c25-19-6-8-20(9-7-19)31-21-10-11-22(23(26)14-21)24(30,15-29-17-27-16-28-29)13-12-18-4-2-1-3-5-18/h1-14,16-17,30H,15H2/b13-12-. The highest BCUT2D eigenvalue weighted by Gasteiger charge is 2.30. The van der Waals surface area contributed by atoms with Crippen LogP contribution in [0.3, 0.4) is 0 Å². The maximum atomic E-state index is 11.6. The van der Waals surface area contributed by atoms with Gasteiger partial charge in [-0.2, -0.15) is 5.10 Å². The molecule has 4 rings (SSSR count). The lowest BCUT2D eigenvalue weighted by molar-refractivity contribution is 0.0664. The molecule has 7 heteroatoms. The topological polar surface area (TPSA) is 60.2 Å². The number of hydrogen-bond acceptors (Lipinski definition) is 4. The molecule has 5 nitrogen and oxygen atoms in total. The second-order valence-electron chi connectivity index (χ2n) is 6.96. The SMILES string of the molecule is OC(/C=C\c1ccccc1)(Cn1cncn1)c1ccc(Oc2ccc(Cl)cc2)cc1Cl. The van der Waals surface area contributed by atoms with E-state index < -0.39 is 5.60 Å². The molecule has 0 saturated carbocycles. The van der Waals surface area contributed by atoms with Gasteiger partial charge in [-0.1, -0.05) is 65.7 Å². The van der Waals surface area contributed by atoms with Crippen molar-refractivity contribution in [3.63, 3.8) is 0 Å². The molecule has 1 aromatic heterocycles. The zero-order chi connectivity index (χ0) is 21.7. The Hall–Kier alpha value is -3.12. The molecule has 4 aromatic rings. The van der Waals surface area contributed by atoms with E-state index in [1.54, 1.807) is 59.5 Å². The van der Waals surface area contributed by atoms with Crippen molar-refractivity contribution in [1.29, 1.82) is 0 Å². The summed E-state index contributed by atoms with van der Waals surface area (Å²) in [4.78, 5) is 3.96. The minimum absolute atomic E-state index is 0.146. The molecule has 1 heterocycles. The van der Waals surface area contributed by atoms with Crippen LogP contribution in [-0.4, -0.2) is 19.9 Å². The minimum atomic E-state index is -1.42. The smallest absolute Gasteiger partial charge is 0.137 e. The molecule has 1 N–H and O–H groups in total. The average molecular weight is 452 g/mol. The summed E-state index contributed by atoms with van der Waals surface area (Å²) >= 11 is 12.5. The van der Waals surface area contributed by atoms with E-state index in [0.29, 0.717) is 27.1 Å². The molecule has 0 spiro atoms. The Morgan fingerprint density at radius 2 is 1.71 bits per heavy atom. The highest BCUT2D eigenvalue weighted by molar-refractivity contribution is 6.31. The van der Waals surface area contributed by atoms with Crippen LogP contribution in [0.2, 0.25) is 10.0 Å². The summed E-state index contributed by atoms with van der Waals surface area (Å²) in [7, 11) is 0. The highest BCUT2D eigenvalue weighted by atomic mass is 35.5. The Bertz CT molecular complexity index is 1160. The second kappa shape index (κ2) is 9.35. The van der Waals surface area contributed by atoms with Crippen LogP contribution in [0, 0.1) is 0 Å². The van der Waals surface area contributed by atoms with Gasteiger partial charge in [0.05, 0.1) is 11.6 Å². The molecule has 0 aliphatic rings. The molecule has 156 valence electrons. The number of ether oxygens (including phenoxy) is 1. The van der Waals surface area contributed by atoms with E-state index in [9.17, 15) is 5.11 Å². The molecule has 1 atom stereocenters. The van der Waals surface area contributed by atoms with Gasteiger partial charge in [-0.05, 0) is 48.0 Å². The van der Waals surface area contributed by atoms with Crippen LogP contribution < -0.4 is 4.74 Å². The number of rotatable bonds is 7. The number of halogens is 2. The first-order valence-electron chi connectivity index (χ1n) is 9.54. The molecule has 0 fully saturated rings. The van der Waals surface area contributed by atoms with E-state index >= 15 is 0 Å². The van der Waals surface area contributed by atoms with Crippen LogP contribution in [0.1, 0.15) is 11.1 Å². The quantitative estimate of drug-likeness (QED) is 0.375. The maximum absolute atomic E-state index is 11.6. The first kappa shape index (κ1) is 21.1. The third-order valence-corrected chi connectivity index (χ3v) is 5.24. The summed E-state index contributed by atoms with van der Waals surface area (Å²) in [5.41, 5.74) is 0.0676. The lowest BCUT2D eigenvalue weighted by Gasteiger charge is -2.26. The largest absolute Gasteiger partial charge is 0.457 e. The van der Waals surface area contributed by atoms with Crippen molar-refractivity contribution < 1.29 is 9.84 Å². The first-order valence-corrected chi connectivity index (χ1v) is 10.3. The number of aromatic nitrogens is 3. The molecule has 0 amide bonds. The van der Waals surface area contributed by atoms with Gasteiger partial charge in [0.1, 0.15) is 29.8 Å². The van der Waals surface area contributed by atoms with Crippen LogP contribution >= 0.6 is 23.2 Å². The van der Waals surface area contributed by atoms with Gasteiger partial charge < -0.3 is 9.84 Å². The van der Waals surface area contributed by atoms with Crippen molar-refractivity contribution in [1.82, 2.24) is 14.8 Å². The van der Waals surface area contributed by atoms with E-state index in [0.717, 1.165) is 5.56 Å². The molecule has 1 unspecified atom stereocenters. The Morgan fingerprint density at radius 3 is 2.39 bits per heavy atom. The molecular formula is C24H19Cl2N3O2. The highest BCUT2D eigenvalue weighted by Crippen LogP contribution is 2.35. The van der Waals surface area contributed by atoms with Crippen LogP contribution in [0.25, 0.3) is 6.08 Å². The summed E-state index contributed by atoms with van der Waals surface area (Å²) in [6.45, 7) is 0.146. The number of hydrogen-bond donors (Lipinski definition) is 1. The van der Waals surface area contributed by atoms with Gasteiger partial charge in [0, 0.05) is 10.6 Å². The van der Waals surface area contributed by atoms with Crippen molar-refractivity contribution in [2.75, 3.05) is 0 Å². The maximum Gasteiger partial charge on any atom is 0.137 e. The van der Waals surface area contributed by atoms with E-state index in [2.05, 4.69) is 10.1 Å². The fraction of sp³-hybridized carbons (Fsp3) is 0.0833. The predicted molar refractivity (Wildman–Crippen MR) is 122 cm³/mol. The normalized spacial score (nSPS) is 13.3. The summed E-state index contributed by atoms with van der Waals surface area (Å²) in [6.07, 6.45) is 6.54. The van der Waals surface area contributed by atoms with Crippen molar-refractivity contribution >= 4 is 29.3 Å². The van der Waals surface area contributed by atoms with Crippen molar-refractivity contribution in [2.24, 2.45) is 0 Å². The molecular weight excluding hydrogens is 433 g/mol. The minimum Gasteiger partial charge on any atom is -0.457 e. The molecule has 0 bridgehead atoms.